The minimum atomic E-state index is -0.215. The van der Waals surface area contributed by atoms with Crippen molar-refractivity contribution in [2.75, 3.05) is 41.0 Å². The minimum Gasteiger partial charge on any atom is -0.493 e. The fourth-order valence-corrected chi connectivity index (χ4v) is 2.68. The van der Waals surface area contributed by atoms with Crippen molar-refractivity contribution in [3.05, 3.63) is 23.8 Å². The van der Waals surface area contributed by atoms with Gasteiger partial charge in [-0.05, 0) is 30.5 Å². The maximum absolute atomic E-state index is 12.1. The molecule has 1 fully saturated rings. The first-order valence-corrected chi connectivity index (χ1v) is 8.36. The summed E-state index contributed by atoms with van der Waals surface area (Å²) in [5.74, 6) is 0.784. The van der Waals surface area contributed by atoms with Crippen LogP contribution in [0.5, 0.6) is 11.5 Å². The average molecular weight is 350 g/mol. The summed E-state index contributed by atoms with van der Waals surface area (Å²) in [6.45, 7) is 1.46. The normalized spacial score (nSPS) is 18.4. The van der Waals surface area contributed by atoms with E-state index in [1.54, 1.807) is 21.3 Å². The van der Waals surface area contributed by atoms with Crippen LogP contribution >= 0.6 is 0 Å². The quantitative estimate of drug-likeness (QED) is 0.609. The lowest BCUT2D eigenvalue weighted by Crippen LogP contribution is -2.32. The first kappa shape index (κ1) is 19.1. The Bertz CT molecular complexity index is 605. The fourth-order valence-electron chi connectivity index (χ4n) is 2.68. The monoisotopic (exact) mass is 350 g/mol. The Hall–Kier alpha value is -2.28. The van der Waals surface area contributed by atoms with E-state index in [-0.39, 0.29) is 23.7 Å². The second-order valence-electron chi connectivity index (χ2n) is 5.96. The molecule has 1 aromatic carbocycles. The highest BCUT2D eigenvalue weighted by atomic mass is 16.5. The number of carbonyl (C=O) groups excluding carboxylic acids is 2. The van der Waals surface area contributed by atoms with Gasteiger partial charge in [0.25, 0.3) is 0 Å². The van der Waals surface area contributed by atoms with Crippen molar-refractivity contribution in [1.29, 1.82) is 0 Å². The smallest absolute Gasteiger partial charge is 0.224 e. The van der Waals surface area contributed by atoms with Gasteiger partial charge in [0.15, 0.2) is 11.5 Å². The van der Waals surface area contributed by atoms with Crippen LogP contribution in [0.4, 0.5) is 0 Å². The number of methoxy groups -OCH3 is 3. The summed E-state index contributed by atoms with van der Waals surface area (Å²) < 4.78 is 15.4. The van der Waals surface area contributed by atoms with Crippen molar-refractivity contribution in [3.63, 3.8) is 0 Å². The number of carbonyl (C=O) groups is 2. The molecule has 7 heteroatoms. The Kier molecular flexibility index (Phi) is 7.06. The molecule has 0 radical (unpaired) electrons. The molecule has 0 saturated heterocycles. The van der Waals surface area contributed by atoms with E-state index in [0.29, 0.717) is 44.0 Å². The summed E-state index contributed by atoms with van der Waals surface area (Å²) in [4.78, 5) is 24.0. The molecule has 0 heterocycles. The summed E-state index contributed by atoms with van der Waals surface area (Å²) in [5.41, 5.74) is 1.04. The number of rotatable bonds is 10. The SMILES string of the molecule is COCCNC(=O)C1CC1C(=O)NCCc1ccc(OC)c(OC)c1. The molecule has 0 spiro atoms. The third kappa shape index (κ3) is 5.35. The molecule has 0 bridgehead atoms. The molecule has 7 nitrogen and oxygen atoms in total. The lowest BCUT2D eigenvalue weighted by molar-refractivity contribution is -0.127. The predicted molar refractivity (Wildman–Crippen MR) is 92.7 cm³/mol. The lowest BCUT2D eigenvalue weighted by atomic mass is 10.1. The van der Waals surface area contributed by atoms with Gasteiger partial charge in [-0.2, -0.15) is 0 Å². The molecular weight excluding hydrogens is 324 g/mol. The van der Waals surface area contributed by atoms with E-state index in [1.807, 2.05) is 18.2 Å². The Morgan fingerprint density at radius 2 is 1.64 bits per heavy atom. The van der Waals surface area contributed by atoms with Crippen LogP contribution in [-0.2, 0) is 20.7 Å². The molecule has 1 aromatic rings. The highest BCUT2D eigenvalue weighted by molar-refractivity contribution is 5.92. The third-order valence-electron chi connectivity index (χ3n) is 4.23. The van der Waals surface area contributed by atoms with Crippen molar-refractivity contribution in [3.8, 4) is 11.5 Å². The molecule has 0 aliphatic heterocycles. The average Bonchev–Trinajstić information content (AvgIpc) is 3.42. The van der Waals surface area contributed by atoms with Crippen molar-refractivity contribution < 1.29 is 23.8 Å². The van der Waals surface area contributed by atoms with Gasteiger partial charge in [-0.3, -0.25) is 9.59 Å². The Balaban J connectivity index is 1.72. The van der Waals surface area contributed by atoms with Crippen LogP contribution in [0.2, 0.25) is 0 Å². The summed E-state index contributed by atoms with van der Waals surface area (Å²) >= 11 is 0. The Labute approximate surface area is 148 Å². The van der Waals surface area contributed by atoms with E-state index in [9.17, 15) is 9.59 Å². The summed E-state index contributed by atoms with van der Waals surface area (Å²) in [6, 6.07) is 5.68. The van der Waals surface area contributed by atoms with E-state index in [4.69, 9.17) is 14.2 Å². The molecule has 2 unspecified atom stereocenters. The van der Waals surface area contributed by atoms with E-state index in [1.165, 1.54) is 0 Å². The van der Waals surface area contributed by atoms with E-state index >= 15 is 0 Å². The van der Waals surface area contributed by atoms with Crippen molar-refractivity contribution in [2.45, 2.75) is 12.8 Å². The molecule has 2 rings (SSSR count). The standard InChI is InChI=1S/C18H26N2O5/c1-23-9-8-20-18(22)14-11-13(14)17(21)19-7-6-12-4-5-15(24-2)16(10-12)25-3/h4-5,10,13-14H,6-9,11H2,1-3H3,(H,19,21)(H,20,22). The second-order valence-corrected chi connectivity index (χ2v) is 5.96. The maximum Gasteiger partial charge on any atom is 0.224 e. The van der Waals surface area contributed by atoms with Crippen molar-refractivity contribution in [2.24, 2.45) is 11.8 Å². The van der Waals surface area contributed by atoms with Crippen LogP contribution < -0.4 is 20.1 Å². The lowest BCUT2D eigenvalue weighted by Gasteiger charge is -2.10. The second kappa shape index (κ2) is 9.27. The van der Waals surface area contributed by atoms with Gasteiger partial charge in [0, 0.05) is 20.2 Å². The van der Waals surface area contributed by atoms with Crippen LogP contribution in [0.1, 0.15) is 12.0 Å². The topological polar surface area (TPSA) is 85.9 Å². The number of hydrogen-bond acceptors (Lipinski definition) is 5. The summed E-state index contributed by atoms with van der Waals surface area (Å²) in [7, 11) is 4.77. The molecule has 2 amide bonds. The molecule has 2 N–H and O–H groups in total. The molecule has 0 aromatic heterocycles. The molecular formula is C18H26N2O5. The number of benzene rings is 1. The van der Waals surface area contributed by atoms with Crippen LogP contribution in [0.15, 0.2) is 18.2 Å². The highest BCUT2D eigenvalue weighted by Crippen LogP contribution is 2.38. The van der Waals surface area contributed by atoms with Crippen molar-refractivity contribution >= 4 is 11.8 Å². The first-order chi connectivity index (χ1) is 12.1. The van der Waals surface area contributed by atoms with Crippen LogP contribution in [0.3, 0.4) is 0 Å². The molecule has 138 valence electrons. The fraction of sp³-hybridized carbons (Fsp3) is 0.556. The van der Waals surface area contributed by atoms with Gasteiger partial charge in [0.1, 0.15) is 0 Å². The summed E-state index contributed by atoms with van der Waals surface area (Å²) in [6.07, 6.45) is 1.30. The van der Waals surface area contributed by atoms with Crippen molar-refractivity contribution in [1.82, 2.24) is 10.6 Å². The number of hydrogen-bond donors (Lipinski definition) is 2. The van der Waals surface area contributed by atoms with E-state index in [2.05, 4.69) is 10.6 Å². The molecule has 1 aliphatic carbocycles. The van der Waals surface area contributed by atoms with Crippen LogP contribution in [0.25, 0.3) is 0 Å². The number of ether oxygens (including phenoxy) is 3. The van der Waals surface area contributed by atoms with Crippen LogP contribution in [0, 0.1) is 11.8 Å². The highest BCUT2D eigenvalue weighted by Gasteiger charge is 2.47. The van der Waals surface area contributed by atoms with Gasteiger partial charge in [-0.15, -0.1) is 0 Å². The van der Waals surface area contributed by atoms with Gasteiger partial charge in [0.2, 0.25) is 11.8 Å². The number of nitrogens with one attached hydrogen (secondary N) is 2. The molecule has 25 heavy (non-hydrogen) atoms. The van der Waals surface area contributed by atoms with Gasteiger partial charge >= 0.3 is 0 Å². The maximum atomic E-state index is 12.1. The predicted octanol–water partition coefficient (Wildman–Crippen LogP) is 0.761. The Morgan fingerprint density at radius 1 is 1.00 bits per heavy atom. The summed E-state index contributed by atoms with van der Waals surface area (Å²) in [5, 5.41) is 5.66. The van der Waals surface area contributed by atoms with Gasteiger partial charge < -0.3 is 24.8 Å². The number of amides is 2. The van der Waals surface area contributed by atoms with E-state index in [0.717, 1.165) is 5.56 Å². The van der Waals surface area contributed by atoms with Gasteiger partial charge in [-0.25, -0.2) is 0 Å². The third-order valence-corrected chi connectivity index (χ3v) is 4.23. The zero-order chi connectivity index (χ0) is 18.2. The largest absolute Gasteiger partial charge is 0.493 e. The molecule has 2 atom stereocenters. The minimum absolute atomic E-state index is 0.0626. The first-order valence-electron chi connectivity index (χ1n) is 8.36. The van der Waals surface area contributed by atoms with Gasteiger partial charge in [0.05, 0.1) is 32.7 Å². The van der Waals surface area contributed by atoms with Gasteiger partial charge in [-0.1, -0.05) is 6.07 Å². The molecule has 1 saturated carbocycles. The van der Waals surface area contributed by atoms with E-state index < -0.39 is 0 Å². The molecule has 1 aliphatic rings. The Morgan fingerprint density at radius 3 is 2.24 bits per heavy atom. The van der Waals surface area contributed by atoms with Crippen LogP contribution in [-0.4, -0.2) is 52.8 Å². The zero-order valence-corrected chi connectivity index (χ0v) is 15.0. The zero-order valence-electron chi connectivity index (χ0n) is 15.0.